The summed E-state index contributed by atoms with van der Waals surface area (Å²) in [7, 11) is 1.95. The second-order valence-electron chi connectivity index (χ2n) is 7.31. The monoisotopic (exact) mass is 308 g/mol. The van der Waals surface area contributed by atoms with E-state index in [2.05, 4.69) is 5.32 Å². The van der Waals surface area contributed by atoms with E-state index in [0.717, 1.165) is 5.56 Å². The number of rotatable bonds is 5. The van der Waals surface area contributed by atoms with Crippen LogP contribution >= 0.6 is 0 Å². The van der Waals surface area contributed by atoms with E-state index >= 15 is 0 Å². The second kappa shape index (κ2) is 7.11. The van der Waals surface area contributed by atoms with Crippen LogP contribution < -0.4 is 5.32 Å². The highest BCUT2D eigenvalue weighted by atomic mass is 16.6. The molecule has 5 nitrogen and oxygen atoms in total. The lowest BCUT2D eigenvalue weighted by molar-refractivity contribution is 0.0425. The summed E-state index contributed by atoms with van der Waals surface area (Å²) in [5.74, 6) is 0. The van der Waals surface area contributed by atoms with Crippen LogP contribution in [0.1, 0.15) is 40.2 Å². The van der Waals surface area contributed by atoms with Gasteiger partial charge in [-0.05, 0) is 59.4 Å². The van der Waals surface area contributed by atoms with Gasteiger partial charge in [-0.25, -0.2) is 4.79 Å². The molecule has 0 fully saturated rings. The summed E-state index contributed by atoms with van der Waals surface area (Å²) < 4.78 is 5.23. The molecule has 0 saturated heterocycles. The molecule has 0 spiro atoms. The van der Waals surface area contributed by atoms with Gasteiger partial charge in [-0.1, -0.05) is 12.1 Å². The highest BCUT2D eigenvalue weighted by molar-refractivity contribution is 5.84. The molecule has 0 saturated carbocycles. The normalized spacial score (nSPS) is 12.4. The number of benzene rings is 1. The Bertz CT molecular complexity index is 501. The van der Waals surface area contributed by atoms with Crippen LogP contribution in [0.2, 0.25) is 0 Å². The Kier molecular flexibility index (Phi) is 5.97. The number of amides is 1. The van der Waals surface area contributed by atoms with Gasteiger partial charge in [0.1, 0.15) is 5.60 Å². The van der Waals surface area contributed by atoms with Crippen LogP contribution in [0.15, 0.2) is 24.3 Å². The van der Waals surface area contributed by atoms with Gasteiger partial charge in [0.15, 0.2) is 0 Å². The third kappa shape index (κ3) is 8.00. The molecule has 0 aliphatic heterocycles. The number of carbonyl (C=O) groups is 1. The van der Waals surface area contributed by atoms with Crippen LogP contribution in [0, 0.1) is 0 Å². The number of likely N-dealkylation sites (N-methyl/N-ethyl adjacent to an activating group) is 1. The van der Waals surface area contributed by atoms with Crippen molar-refractivity contribution in [2.45, 2.75) is 52.4 Å². The van der Waals surface area contributed by atoms with Gasteiger partial charge in [0, 0.05) is 18.8 Å². The molecule has 0 atom stereocenters. The van der Waals surface area contributed by atoms with Gasteiger partial charge in [-0.15, -0.1) is 0 Å². The van der Waals surface area contributed by atoms with Crippen molar-refractivity contribution in [3.63, 3.8) is 0 Å². The molecule has 22 heavy (non-hydrogen) atoms. The molecule has 0 aliphatic rings. The van der Waals surface area contributed by atoms with Gasteiger partial charge in [0.05, 0.1) is 5.60 Å². The Morgan fingerprint density at radius 1 is 1.27 bits per heavy atom. The molecule has 124 valence electrons. The van der Waals surface area contributed by atoms with Crippen LogP contribution in [0.4, 0.5) is 10.5 Å². The number of ether oxygens (including phenoxy) is 1. The van der Waals surface area contributed by atoms with Gasteiger partial charge in [-0.3, -0.25) is 10.2 Å². The Hall–Kier alpha value is -1.59. The first kappa shape index (κ1) is 18.5. The maximum Gasteiger partial charge on any atom is 0.412 e. The lowest BCUT2D eigenvalue weighted by Gasteiger charge is -2.25. The lowest BCUT2D eigenvalue weighted by Crippen LogP contribution is -2.35. The molecule has 1 rings (SSSR count). The van der Waals surface area contributed by atoms with Gasteiger partial charge < -0.3 is 9.84 Å². The molecule has 5 heteroatoms. The zero-order valence-corrected chi connectivity index (χ0v) is 14.4. The largest absolute Gasteiger partial charge is 0.444 e. The molecule has 0 aliphatic carbocycles. The third-order valence-corrected chi connectivity index (χ3v) is 2.68. The Balaban J connectivity index is 2.64. The van der Waals surface area contributed by atoms with E-state index < -0.39 is 17.3 Å². The molecule has 0 heterocycles. The molecule has 0 radical (unpaired) electrons. The zero-order valence-electron chi connectivity index (χ0n) is 14.4. The van der Waals surface area contributed by atoms with Crippen molar-refractivity contribution in [2.24, 2.45) is 0 Å². The SMILES string of the molecule is CN(Cc1cccc(NC(=O)OC(C)(C)C)c1)CC(C)(C)O. The first-order valence-corrected chi connectivity index (χ1v) is 7.44. The van der Waals surface area contributed by atoms with E-state index in [0.29, 0.717) is 18.8 Å². The molecule has 1 aromatic carbocycles. The minimum absolute atomic E-state index is 0.463. The van der Waals surface area contributed by atoms with Crippen molar-refractivity contribution in [2.75, 3.05) is 18.9 Å². The van der Waals surface area contributed by atoms with Gasteiger partial charge in [-0.2, -0.15) is 0 Å². The fourth-order valence-electron chi connectivity index (χ4n) is 2.20. The van der Waals surface area contributed by atoms with E-state index in [9.17, 15) is 9.90 Å². The molecular weight excluding hydrogens is 280 g/mol. The van der Waals surface area contributed by atoms with E-state index in [-0.39, 0.29) is 0 Å². The highest BCUT2D eigenvalue weighted by Gasteiger charge is 2.17. The Labute approximate surface area is 133 Å². The number of nitrogens with zero attached hydrogens (tertiary/aromatic N) is 1. The van der Waals surface area contributed by atoms with E-state index in [1.165, 1.54) is 0 Å². The minimum Gasteiger partial charge on any atom is -0.444 e. The number of hydrogen-bond donors (Lipinski definition) is 2. The van der Waals surface area contributed by atoms with Crippen LogP contribution in [-0.2, 0) is 11.3 Å². The first-order valence-electron chi connectivity index (χ1n) is 7.44. The maximum atomic E-state index is 11.8. The molecule has 1 aromatic rings. The summed E-state index contributed by atoms with van der Waals surface area (Å²) >= 11 is 0. The third-order valence-electron chi connectivity index (χ3n) is 2.68. The summed E-state index contributed by atoms with van der Waals surface area (Å²) in [5.41, 5.74) is 0.499. The standard InChI is InChI=1S/C17H28N2O3/c1-16(2,3)22-15(20)18-14-9-7-8-13(10-14)11-19(6)12-17(4,5)21/h7-10,21H,11-12H2,1-6H3,(H,18,20). The second-order valence-corrected chi connectivity index (χ2v) is 7.31. The highest BCUT2D eigenvalue weighted by Crippen LogP contribution is 2.15. The van der Waals surface area contributed by atoms with Crippen molar-refractivity contribution in [3.05, 3.63) is 29.8 Å². The van der Waals surface area contributed by atoms with Crippen molar-refractivity contribution >= 4 is 11.8 Å². The molecular formula is C17H28N2O3. The topological polar surface area (TPSA) is 61.8 Å². The van der Waals surface area contributed by atoms with E-state index in [1.54, 1.807) is 13.8 Å². The zero-order chi connectivity index (χ0) is 17.0. The Morgan fingerprint density at radius 2 is 1.91 bits per heavy atom. The predicted octanol–water partition coefficient (Wildman–Crippen LogP) is 3.24. The molecule has 0 bridgehead atoms. The number of aliphatic hydroxyl groups is 1. The quantitative estimate of drug-likeness (QED) is 0.876. The predicted molar refractivity (Wildman–Crippen MR) is 88.9 cm³/mol. The van der Waals surface area contributed by atoms with Crippen molar-refractivity contribution in [1.82, 2.24) is 4.90 Å². The van der Waals surface area contributed by atoms with Gasteiger partial charge in [0.25, 0.3) is 0 Å². The number of hydrogen-bond acceptors (Lipinski definition) is 4. The van der Waals surface area contributed by atoms with E-state index in [4.69, 9.17) is 4.74 Å². The Morgan fingerprint density at radius 3 is 2.45 bits per heavy atom. The molecule has 0 unspecified atom stereocenters. The smallest absolute Gasteiger partial charge is 0.412 e. The lowest BCUT2D eigenvalue weighted by atomic mass is 10.1. The number of nitrogens with one attached hydrogen (secondary N) is 1. The number of carbonyl (C=O) groups excluding carboxylic acids is 1. The van der Waals surface area contributed by atoms with Crippen molar-refractivity contribution in [3.8, 4) is 0 Å². The summed E-state index contributed by atoms with van der Waals surface area (Å²) in [6.45, 7) is 10.3. The molecule has 2 N–H and O–H groups in total. The van der Waals surface area contributed by atoms with Crippen LogP contribution in [-0.4, -0.2) is 40.9 Å². The summed E-state index contributed by atoms with van der Waals surface area (Å²) in [6.07, 6.45) is -0.463. The fourth-order valence-corrected chi connectivity index (χ4v) is 2.20. The van der Waals surface area contributed by atoms with Crippen LogP contribution in [0.3, 0.4) is 0 Å². The van der Waals surface area contributed by atoms with E-state index in [1.807, 2.05) is 57.0 Å². The first-order chi connectivity index (χ1) is 9.94. The summed E-state index contributed by atoms with van der Waals surface area (Å²) in [4.78, 5) is 13.8. The molecule has 0 aromatic heterocycles. The number of anilines is 1. The van der Waals surface area contributed by atoms with Crippen LogP contribution in [0.25, 0.3) is 0 Å². The van der Waals surface area contributed by atoms with Crippen molar-refractivity contribution < 1.29 is 14.6 Å². The fraction of sp³-hybridized carbons (Fsp3) is 0.588. The summed E-state index contributed by atoms with van der Waals surface area (Å²) in [5, 5.41) is 12.6. The maximum absolute atomic E-state index is 11.8. The molecule has 1 amide bonds. The average Bonchev–Trinajstić information content (AvgIpc) is 2.22. The van der Waals surface area contributed by atoms with Crippen molar-refractivity contribution in [1.29, 1.82) is 0 Å². The van der Waals surface area contributed by atoms with Crippen LogP contribution in [0.5, 0.6) is 0 Å². The summed E-state index contributed by atoms with van der Waals surface area (Å²) in [6, 6.07) is 7.61. The minimum atomic E-state index is -0.735. The average molecular weight is 308 g/mol. The van der Waals surface area contributed by atoms with Gasteiger partial charge in [0.2, 0.25) is 0 Å². The van der Waals surface area contributed by atoms with Gasteiger partial charge >= 0.3 is 6.09 Å².